The fourth-order valence-electron chi connectivity index (χ4n) is 3.98. The molecule has 3 heteroatoms. The van der Waals surface area contributed by atoms with Crippen LogP contribution in [0.5, 0.6) is 0 Å². The van der Waals surface area contributed by atoms with Crippen molar-refractivity contribution in [2.45, 2.75) is 51.0 Å². The molecule has 1 fully saturated rings. The van der Waals surface area contributed by atoms with Crippen LogP contribution in [-0.4, -0.2) is 35.1 Å². The molecule has 0 amide bonds. The Morgan fingerprint density at radius 1 is 1.24 bits per heavy atom. The predicted molar refractivity (Wildman–Crippen MR) is 83.4 cm³/mol. The van der Waals surface area contributed by atoms with Gasteiger partial charge in [-0.05, 0) is 62.1 Å². The van der Waals surface area contributed by atoms with Crippen molar-refractivity contribution in [1.82, 2.24) is 4.90 Å². The molecule has 21 heavy (non-hydrogen) atoms. The van der Waals surface area contributed by atoms with E-state index >= 15 is 0 Å². The zero-order valence-corrected chi connectivity index (χ0v) is 12.6. The van der Waals surface area contributed by atoms with Crippen LogP contribution in [0.4, 0.5) is 0 Å². The lowest BCUT2D eigenvalue weighted by molar-refractivity contribution is -0.137. The van der Waals surface area contributed by atoms with E-state index in [2.05, 4.69) is 29.2 Å². The van der Waals surface area contributed by atoms with E-state index in [0.717, 1.165) is 13.0 Å². The largest absolute Gasteiger partial charge is 0.481 e. The van der Waals surface area contributed by atoms with E-state index in [1.165, 1.54) is 49.8 Å². The van der Waals surface area contributed by atoms with Crippen molar-refractivity contribution in [2.24, 2.45) is 5.92 Å². The summed E-state index contributed by atoms with van der Waals surface area (Å²) in [4.78, 5) is 13.4. The molecule has 1 aliphatic heterocycles. The zero-order chi connectivity index (χ0) is 14.7. The number of hydrogen-bond acceptors (Lipinski definition) is 2. The number of carbonyl (C=O) groups is 1. The normalized spacial score (nSPS) is 26.3. The van der Waals surface area contributed by atoms with Gasteiger partial charge in [0.25, 0.3) is 0 Å². The van der Waals surface area contributed by atoms with Crippen LogP contribution in [0.3, 0.4) is 0 Å². The Kier molecular flexibility index (Phi) is 4.59. The van der Waals surface area contributed by atoms with E-state index in [-0.39, 0.29) is 0 Å². The minimum absolute atomic E-state index is 0.325. The Morgan fingerprint density at radius 2 is 2.05 bits per heavy atom. The van der Waals surface area contributed by atoms with E-state index in [4.69, 9.17) is 5.11 Å². The van der Waals surface area contributed by atoms with Gasteiger partial charge >= 0.3 is 5.97 Å². The number of nitrogens with zero attached hydrogens (tertiary/aromatic N) is 1. The molecule has 0 spiro atoms. The number of benzene rings is 1. The van der Waals surface area contributed by atoms with E-state index < -0.39 is 5.97 Å². The average Bonchev–Trinajstić information content (AvgIpc) is 2.53. The number of likely N-dealkylation sites (tertiary alicyclic amines) is 1. The first-order valence-electron chi connectivity index (χ1n) is 8.25. The van der Waals surface area contributed by atoms with Crippen LogP contribution in [0.2, 0.25) is 0 Å². The van der Waals surface area contributed by atoms with Crippen molar-refractivity contribution < 1.29 is 9.90 Å². The van der Waals surface area contributed by atoms with Crippen molar-refractivity contribution >= 4 is 5.97 Å². The van der Waals surface area contributed by atoms with Gasteiger partial charge in [0.05, 0.1) is 0 Å². The number of carboxylic acids is 1. The fraction of sp³-hybridized carbons (Fsp3) is 0.611. The molecule has 0 saturated carbocycles. The SMILES string of the molecule is O=C(O)CCC1CCCN(C2CCc3ccccc3C2)C1. The standard InChI is InChI=1S/C18H25NO2/c20-18(21)10-7-14-4-3-11-19(13-14)17-9-8-15-5-1-2-6-16(15)12-17/h1-2,5-6,14,17H,3-4,7-13H2,(H,20,21). The maximum Gasteiger partial charge on any atom is 0.303 e. The molecule has 3 nitrogen and oxygen atoms in total. The molecule has 1 saturated heterocycles. The van der Waals surface area contributed by atoms with E-state index in [1.807, 2.05) is 0 Å². The molecular weight excluding hydrogens is 262 g/mol. The summed E-state index contributed by atoms with van der Waals surface area (Å²) >= 11 is 0. The predicted octanol–water partition coefficient (Wildman–Crippen LogP) is 3.12. The summed E-state index contributed by atoms with van der Waals surface area (Å²) in [6.07, 6.45) is 7.21. The minimum atomic E-state index is -0.654. The van der Waals surface area contributed by atoms with Gasteiger partial charge in [0.2, 0.25) is 0 Å². The highest BCUT2D eigenvalue weighted by atomic mass is 16.4. The van der Waals surface area contributed by atoms with E-state index in [0.29, 0.717) is 18.4 Å². The van der Waals surface area contributed by atoms with Crippen LogP contribution in [0.15, 0.2) is 24.3 Å². The van der Waals surface area contributed by atoms with Crippen LogP contribution in [0, 0.1) is 5.92 Å². The van der Waals surface area contributed by atoms with E-state index in [1.54, 1.807) is 0 Å². The molecule has 1 N–H and O–H groups in total. The van der Waals surface area contributed by atoms with Gasteiger partial charge in [-0.3, -0.25) is 9.69 Å². The molecule has 3 rings (SSSR count). The lowest BCUT2D eigenvalue weighted by Gasteiger charge is -2.40. The molecule has 2 aliphatic rings. The Labute approximate surface area is 127 Å². The maximum absolute atomic E-state index is 10.7. The van der Waals surface area contributed by atoms with Gasteiger partial charge in [-0.15, -0.1) is 0 Å². The molecule has 1 aliphatic carbocycles. The van der Waals surface area contributed by atoms with Crippen molar-refractivity contribution in [2.75, 3.05) is 13.1 Å². The summed E-state index contributed by atoms with van der Waals surface area (Å²) < 4.78 is 0. The average molecular weight is 287 g/mol. The highest BCUT2D eigenvalue weighted by Crippen LogP contribution is 2.29. The molecule has 2 unspecified atom stereocenters. The topological polar surface area (TPSA) is 40.5 Å². The molecule has 1 aromatic carbocycles. The summed E-state index contributed by atoms with van der Waals surface area (Å²) in [5.74, 6) is -0.0780. The van der Waals surface area contributed by atoms with Gasteiger partial charge in [-0.2, -0.15) is 0 Å². The van der Waals surface area contributed by atoms with Gasteiger partial charge in [-0.25, -0.2) is 0 Å². The first-order chi connectivity index (χ1) is 10.2. The highest BCUT2D eigenvalue weighted by Gasteiger charge is 2.28. The van der Waals surface area contributed by atoms with Gasteiger partial charge in [0.1, 0.15) is 0 Å². The maximum atomic E-state index is 10.7. The molecule has 0 radical (unpaired) electrons. The number of rotatable bonds is 4. The first-order valence-corrected chi connectivity index (χ1v) is 8.25. The minimum Gasteiger partial charge on any atom is -0.481 e. The molecule has 0 aromatic heterocycles. The Balaban J connectivity index is 1.58. The van der Waals surface area contributed by atoms with Crippen LogP contribution in [0.1, 0.15) is 43.2 Å². The van der Waals surface area contributed by atoms with Gasteiger partial charge in [-0.1, -0.05) is 24.3 Å². The van der Waals surface area contributed by atoms with Gasteiger partial charge in [0.15, 0.2) is 0 Å². The summed E-state index contributed by atoms with van der Waals surface area (Å²) in [6, 6.07) is 9.48. The van der Waals surface area contributed by atoms with Gasteiger partial charge in [0, 0.05) is 19.0 Å². The van der Waals surface area contributed by atoms with Crippen molar-refractivity contribution in [3.8, 4) is 0 Å². The van der Waals surface area contributed by atoms with Crippen molar-refractivity contribution in [3.63, 3.8) is 0 Å². The molecule has 1 aromatic rings. The third-order valence-electron chi connectivity index (χ3n) is 5.15. The summed E-state index contributed by atoms with van der Waals surface area (Å²) in [5, 5.41) is 8.85. The molecule has 2 atom stereocenters. The lowest BCUT2D eigenvalue weighted by atomic mass is 9.85. The van der Waals surface area contributed by atoms with Crippen LogP contribution < -0.4 is 0 Å². The summed E-state index contributed by atoms with van der Waals surface area (Å²) in [6.45, 7) is 2.29. The molecule has 0 bridgehead atoms. The number of aliphatic carboxylic acids is 1. The van der Waals surface area contributed by atoms with Crippen LogP contribution in [-0.2, 0) is 17.6 Å². The fourth-order valence-corrected chi connectivity index (χ4v) is 3.98. The van der Waals surface area contributed by atoms with Crippen LogP contribution >= 0.6 is 0 Å². The Bertz CT molecular complexity index is 500. The second kappa shape index (κ2) is 6.61. The number of aryl methyl sites for hydroxylation is 1. The summed E-state index contributed by atoms with van der Waals surface area (Å²) in [7, 11) is 0. The number of piperidine rings is 1. The summed E-state index contributed by atoms with van der Waals surface area (Å²) in [5.41, 5.74) is 3.04. The third kappa shape index (κ3) is 3.65. The lowest BCUT2D eigenvalue weighted by Crippen LogP contribution is -2.45. The molecule has 114 valence electrons. The van der Waals surface area contributed by atoms with Crippen molar-refractivity contribution in [1.29, 1.82) is 0 Å². The number of carboxylic acid groups (broad SMARTS) is 1. The molecule has 1 heterocycles. The van der Waals surface area contributed by atoms with Gasteiger partial charge < -0.3 is 5.11 Å². The van der Waals surface area contributed by atoms with Crippen LogP contribution in [0.25, 0.3) is 0 Å². The Morgan fingerprint density at radius 3 is 2.86 bits per heavy atom. The van der Waals surface area contributed by atoms with E-state index in [9.17, 15) is 4.79 Å². The Hall–Kier alpha value is -1.35. The second-order valence-corrected chi connectivity index (χ2v) is 6.60. The quantitative estimate of drug-likeness (QED) is 0.925. The number of fused-ring (bicyclic) bond motifs is 1. The monoisotopic (exact) mass is 287 g/mol. The third-order valence-corrected chi connectivity index (χ3v) is 5.15. The van der Waals surface area contributed by atoms with Crippen molar-refractivity contribution in [3.05, 3.63) is 35.4 Å². The highest BCUT2D eigenvalue weighted by molar-refractivity contribution is 5.66. The zero-order valence-electron chi connectivity index (χ0n) is 12.6. The smallest absolute Gasteiger partial charge is 0.303 e. The first kappa shape index (κ1) is 14.6. The number of hydrogen-bond donors (Lipinski definition) is 1. The molecular formula is C18H25NO2. The second-order valence-electron chi connectivity index (χ2n) is 6.60.